The topological polar surface area (TPSA) is 73.0 Å². The maximum Gasteiger partial charge on any atom is 0.272 e. The molecule has 2 rings (SSSR count). The molecule has 1 aromatic heterocycles. The Morgan fingerprint density at radius 2 is 2.10 bits per heavy atom. The molecule has 6 nitrogen and oxygen atoms in total. The highest BCUT2D eigenvalue weighted by Gasteiger charge is 2.10. The monoisotopic (exact) mass is 274 g/mol. The second kappa shape index (κ2) is 5.83. The Bertz CT molecular complexity index is 634. The molecule has 0 fully saturated rings. The van der Waals surface area contributed by atoms with E-state index in [1.807, 2.05) is 30.9 Å². The molecule has 0 radical (unpaired) electrons. The van der Waals surface area contributed by atoms with E-state index in [0.29, 0.717) is 18.7 Å². The van der Waals surface area contributed by atoms with E-state index < -0.39 is 0 Å². The summed E-state index contributed by atoms with van der Waals surface area (Å²) in [6, 6.07) is 5.31. The molecule has 6 heteroatoms. The third kappa shape index (κ3) is 3.03. The maximum absolute atomic E-state index is 10.9. The van der Waals surface area contributed by atoms with Gasteiger partial charge in [-0.05, 0) is 19.4 Å². The molecule has 0 unspecified atom stereocenters. The smallest absolute Gasteiger partial charge is 0.272 e. The number of benzene rings is 1. The first kappa shape index (κ1) is 14.2. The summed E-state index contributed by atoms with van der Waals surface area (Å²) in [7, 11) is 1.90. The molecule has 1 heterocycles. The summed E-state index contributed by atoms with van der Waals surface area (Å²) < 4.78 is 1.83. The van der Waals surface area contributed by atoms with Gasteiger partial charge in [0.2, 0.25) is 0 Å². The first-order chi connectivity index (χ1) is 9.49. The number of aryl methyl sites for hydroxylation is 2. The van der Waals surface area contributed by atoms with Crippen LogP contribution in [0, 0.1) is 24.0 Å². The van der Waals surface area contributed by atoms with Gasteiger partial charge < -0.3 is 5.32 Å². The Hall–Kier alpha value is -2.21. The number of rotatable bonds is 5. The molecule has 0 atom stereocenters. The van der Waals surface area contributed by atoms with Gasteiger partial charge in [-0.3, -0.25) is 14.8 Å². The highest BCUT2D eigenvalue weighted by molar-refractivity contribution is 5.42. The number of hydrogen-bond acceptors (Lipinski definition) is 4. The van der Waals surface area contributed by atoms with Crippen molar-refractivity contribution in [3.05, 3.63) is 56.9 Å². The summed E-state index contributed by atoms with van der Waals surface area (Å²) in [6.07, 6.45) is 1.83. The molecular formula is C14H18N4O2. The minimum absolute atomic E-state index is 0.168. The SMILES string of the molecule is Cc1ccc(CNCc2cnn(C)c2C)cc1[N+](=O)[O-]. The molecule has 1 aromatic carbocycles. The Morgan fingerprint density at radius 3 is 2.70 bits per heavy atom. The van der Waals surface area contributed by atoms with Crippen LogP contribution in [0.4, 0.5) is 5.69 Å². The fourth-order valence-electron chi connectivity index (χ4n) is 2.02. The lowest BCUT2D eigenvalue weighted by molar-refractivity contribution is -0.385. The van der Waals surface area contributed by atoms with Crippen molar-refractivity contribution in [3.63, 3.8) is 0 Å². The molecule has 0 aliphatic rings. The third-order valence-electron chi connectivity index (χ3n) is 3.45. The fraction of sp³-hybridized carbons (Fsp3) is 0.357. The van der Waals surface area contributed by atoms with E-state index in [4.69, 9.17) is 0 Å². The van der Waals surface area contributed by atoms with Crippen LogP contribution < -0.4 is 5.32 Å². The molecule has 0 saturated carbocycles. The zero-order chi connectivity index (χ0) is 14.7. The fourth-order valence-corrected chi connectivity index (χ4v) is 2.02. The van der Waals surface area contributed by atoms with E-state index in [0.717, 1.165) is 16.8 Å². The molecule has 2 aromatic rings. The summed E-state index contributed by atoms with van der Waals surface area (Å²) in [6.45, 7) is 5.05. The van der Waals surface area contributed by atoms with Crippen LogP contribution in [0.15, 0.2) is 24.4 Å². The van der Waals surface area contributed by atoms with Gasteiger partial charge in [-0.15, -0.1) is 0 Å². The van der Waals surface area contributed by atoms with Crippen LogP contribution in [0.5, 0.6) is 0 Å². The van der Waals surface area contributed by atoms with Gasteiger partial charge >= 0.3 is 0 Å². The molecular weight excluding hydrogens is 256 g/mol. The van der Waals surface area contributed by atoms with E-state index in [2.05, 4.69) is 10.4 Å². The molecule has 0 spiro atoms. The molecule has 1 N–H and O–H groups in total. The molecule has 0 saturated heterocycles. The zero-order valence-electron chi connectivity index (χ0n) is 11.9. The van der Waals surface area contributed by atoms with Gasteiger partial charge in [0.15, 0.2) is 0 Å². The first-order valence-electron chi connectivity index (χ1n) is 6.41. The predicted molar refractivity (Wildman–Crippen MR) is 76.3 cm³/mol. The Kier molecular flexibility index (Phi) is 4.14. The van der Waals surface area contributed by atoms with Crippen LogP contribution in [0.25, 0.3) is 0 Å². The lowest BCUT2D eigenvalue weighted by Gasteiger charge is -2.06. The highest BCUT2D eigenvalue weighted by Crippen LogP contribution is 2.19. The number of nitrogens with zero attached hydrogens (tertiary/aromatic N) is 3. The molecule has 0 bridgehead atoms. The molecule has 0 aliphatic carbocycles. The second-order valence-electron chi connectivity index (χ2n) is 4.86. The average molecular weight is 274 g/mol. The van der Waals surface area contributed by atoms with Crippen LogP contribution in [0.3, 0.4) is 0 Å². The van der Waals surface area contributed by atoms with Crippen LogP contribution >= 0.6 is 0 Å². The predicted octanol–water partition coefficient (Wildman–Crippen LogP) is 2.23. The minimum Gasteiger partial charge on any atom is -0.308 e. The van der Waals surface area contributed by atoms with Crippen molar-refractivity contribution in [1.82, 2.24) is 15.1 Å². The van der Waals surface area contributed by atoms with Crippen LogP contribution in [-0.4, -0.2) is 14.7 Å². The molecule has 20 heavy (non-hydrogen) atoms. The van der Waals surface area contributed by atoms with E-state index in [-0.39, 0.29) is 10.6 Å². The summed E-state index contributed by atoms with van der Waals surface area (Å²) in [5, 5.41) is 18.4. The Morgan fingerprint density at radius 1 is 1.35 bits per heavy atom. The van der Waals surface area contributed by atoms with Crippen molar-refractivity contribution >= 4 is 5.69 Å². The van der Waals surface area contributed by atoms with Crippen molar-refractivity contribution in [2.24, 2.45) is 7.05 Å². The Balaban J connectivity index is 1.99. The van der Waals surface area contributed by atoms with Gasteiger partial charge in [-0.2, -0.15) is 5.10 Å². The van der Waals surface area contributed by atoms with Crippen molar-refractivity contribution in [1.29, 1.82) is 0 Å². The summed E-state index contributed by atoms with van der Waals surface area (Å²) in [5.74, 6) is 0. The van der Waals surface area contributed by atoms with Gasteiger partial charge in [-0.25, -0.2) is 0 Å². The highest BCUT2D eigenvalue weighted by atomic mass is 16.6. The van der Waals surface area contributed by atoms with Crippen molar-refractivity contribution in [2.45, 2.75) is 26.9 Å². The maximum atomic E-state index is 10.9. The minimum atomic E-state index is -0.343. The summed E-state index contributed by atoms with van der Waals surface area (Å²) in [5.41, 5.74) is 4.01. The van der Waals surface area contributed by atoms with Gasteiger partial charge in [0.25, 0.3) is 5.69 Å². The van der Waals surface area contributed by atoms with E-state index in [1.54, 1.807) is 19.1 Å². The third-order valence-corrected chi connectivity index (χ3v) is 3.45. The van der Waals surface area contributed by atoms with Gasteiger partial charge in [0.1, 0.15) is 0 Å². The van der Waals surface area contributed by atoms with Crippen LogP contribution in [0.1, 0.15) is 22.4 Å². The average Bonchev–Trinajstić information content (AvgIpc) is 2.72. The summed E-state index contributed by atoms with van der Waals surface area (Å²) >= 11 is 0. The number of aromatic nitrogens is 2. The van der Waals surface area contributed by atoms with Crippen LogP contribution in [0.2, 0.25) is 0 Å². The number of nitro benzene ring substituents is 1. The molecule has 106 valence electrons. The lowest BCUT2D eigenvalue weighted by Crippen LogP contribution is -2.13. The molecule has 0 amide bonds. The number of nitrogens with one attached hydrogen (secondary N) is 1. The first-order valence-corrected chi connectivity index (χ1v) is 6.41. The lowest BCUT2D eigenvalue weighted by atomic mass is 10.1. The number of nitro groups is 1. The number of hydrogen-bond donors (Lipinski definition) is 1. The second-order valence-corrected chi connectivity index (χ2v) is 4.86. The van der Waals surface area contributed by atoms with Gasteiger partial charge in [0.05, 0.1) is 11.1 Å². The van der Waals surface area contributed by atoms with E-state index >= 15 is 0 Å². The summed E-state index contributed by atoms with van der Waals surface area (Å²) in [4.78, 5) is 10.5. The standard InChI is InChI=1S/C14H18N4O2/c1-10-4-5-12(6-14(10)18(19)20)7-15-8-13-9-16-17(3)11(13)2/h4-6,9,15H,7-8H2,1-3H3. The van der Waals surface area contributed by atoms with Gasteiger partial charge in [0, 0.05) is 43.0 Å². The Labute approximate surface area is 117 Å². The quantitative estimate of drug-likeness (QED) is 0.670. The normalized spacial score (nSPS) is 10.8. The van der Waals surface area contributed by atoms with E-state index in [9.17, 15) is 10.1 Å². The van der Waals surface area contributed by atoms with E-state index in [1.165, 1.54) is 0 Å². The van der Waals surface area contributed by atoms with Crippen molar-refractivity contribution in [3.8, 4) is 0 Å². The van der Waals surface area contributed by atoms with Crippen molar-refractivity contribution in [2.75, 3.05) is 0 Å². The van der Waals surface area contributed by atoms with Gasteiger partial charge in [-0.1, -0.05) is 12.1 Å². The zero-order valence-corrected chi connectivity index (χ0v) is 11.9. The largest absolute Gasteiger partial charge is 0.308 e. The molecule has 0 aliphatic heterocycles. The van der Waals surface area contributed by atoms with Crippen LogP contribution in [-0.2, 0) is 20.1 Å². The van der Waals surface area contributed by atoms with Crippen molar-refractivity contribution < 1.29 is 4.92 Å².